The summed E-state index contributed by atoms with van der Waals surface area (Å²) in [5, 5.41) is 0. The van der Waals surface area contributed by atoms with Crippen molar-refractivity contribution < 1.29 is 0 Å². The van der Waals surface area contributed by atoms with Crippen molar-refractivity contribution in [2.45, 2.75) is 12.8 Å². The molecule has 0 fully saturated rings. The predicted octanol–water partition coefficient (Wildman–Crippen LogP) is 5.03. The minimum absolute atomic E-state index is 0.737. The highest BCUT2D eigenvalue weighted by atomic mass is 79.9. The molecule has 4 rings (SSSR count). The standard InChI is InChI=1S/C19H14BrN3S/c20-15-3-1-2-13(8-15)11-19-21-7-6-16(23-19)9-14-4-5-17-18(10-14)24-12-22-17/h1-8,10,12H,9,11H2. The van der Waals surface area contributed by atoms with Crippen molar-refractivity contribution in [3.63, 3.8) is 0 Å². The van der Waals surface area contributed by atoms with Gasteiger partial charge < -0.3 is 0 Å². The first-order valence-electron chi connectivity index (χ1n) is 7.64. The van der Waals surface area contributed by atoms with Crippen LogP contribution >= 0.6 is 27.3 Å². The molecule has 0 amide bonds. The third-order valence-corrected chi connectivity index (χ3v) is 5.08. The van der Waals surface area contributed by atoms with Crippen LogP contribution in [0.4, 0.5) is 0 Å². The Morgan fingerprint density at radius 3 is 2.75 bits per heavy atom. The quantitative estimate of drug-likeness (QED) is 0.486. The lowest BCUT2D eigenvalue weighted by Gasteiger charge is -2.05. The summed E-state index contributed by atoms with van der Waals surface area (Å²) >= 11 is 5.18. The Labute approximate surface area is 152 Å². The molecule has 0 aliphatic rings. The second-order valence-electron chi connectivity index (χ2n) is 5.60. The van der Waals surface area contributed by atoms with E-state index in [0.717, 1.165) is 34.3 Å². The third kappa shape index (κ3) is 3.52. The van der Waals surface area contributed by atoms with Crippen LogP contribution in [0.5, 0.6) is 0 Å². The molecule has 0 spiro atoms. The van der Waals surface area contributed by atoms with Crippen molar-refractivity contribution in [1.29, 1.82) is 0 Å². The summed E-state index contributed by atoms with van der Waals surface area (Å²) < 4.78 is 2.30. The highest BCUT2D eigenvalue weighted by molar-refractivity contribution is 9.10. The predicted molar refractivity (Wildman–Crippen MR) is 101 cm³/mol. The van der Waals surface area contributed by atoms with Crippen molar-refractivity contribution in [3.05, 3.63) is 87.4 Å². The minimum Gasteiger partial charge on any atom is -0.245 e. The molecule has 0 N–H and O–H groups in total. The van der Waals surface area contributed by atoms with Gasteiger partial charge in [-0.2, -0.15) is 0 Å². The molecule has 0 saturated heterocycles. The van der Waals surface area contributed by atoms with Crippen LogP contribution in [0.1, 0.15) is 22.6 Å². The number of aromatic nitrogens is 3. The first-order chi connectivity index (χ1) is 11.8. The maximum atomic E-state index is 4.72. The van der Waals surface area contributed by atoms with Crippen molar-refractivity contribution >= 4 is 37.5 Å². The van der Waals surface area contributed by atoms with Crippen LogP contribution < -0.4 is 0 Å². The van der Waals surface area contributed by atoms with Gasteiger partial charge in [-0.3, -0.25) is 0 Å². The van der Waals surface area contributed by atoms with E-state index in [0.29, 0.717) is 0 Å². The van der Waals surface area contributed by atoms with E-state index < -0.39 is 0 Å². The largest absolute Gasteiger partial charge is 0.245 e. The van der Waals surface area contributed by atoms with Crippen LogP contribution in [0, 0.1) is 0 Å². The lowest BCUT2D eigenvalue weighted by molar-refractivity contribution is 0.917. The van der Waals surface area contributed by atoms with Crippen LogP contribution in [0.2, 0.25) is 0 Å². The summed E-state index contributed by atoms with van der Waals surface area (Å²) in [6.07, 6.45) is 3.39. The van der Waals surface area contributed by atoms with Gasteiger partial charge >= 0.3 is 0 Å². The Balaban J connectivity index is 1.55. The number of hydrogen-bond acceptors (Lipinski definition) is 4. The minimum atomic E-state index is 0.737. The van der Waals surface area contributed by atoms with Gasteiger partial charge in [-0.1, -0.05) is 34.1 Å². The van der Waals surface area contributed by atoms with Crippen LogP contribution in [0.3, 0.4) is 0 Å². The molecule has 5 heteroatoms. The summed E-state index contributed by atoms with van der Waals surface area (Å²) in [6, 6.07) is 16.6. The van der Waals surface area contributed by atoms with E-state index in [4.69, 9.17) is 4.98 Å². The summed E-state index contributed by atoms with van der Waals surface area (Å²) in [5.41, 5.74) is 6.43. The lowest BCUT2D eigenvalue weighted by atomic mass is 10.1. The Hall–Kier alpha value is -2.11. The van der Waals surface area contributed by atoms with Crippen LogP contribution in [-0.2, 0) is 12.8 Å². The summed E-state index contributed by atoms with van der Waals surface area (Å²) in [7, 11) is 0. The summed E-state index contributed by atoms with van der Waals surface area (Å²) in [6.45, 7) is 0. The van der Waals surface area contributed by atoms with Crippen molar-refractivity contribution in [3.8, 4) is 0 Å². The number of rotatable bonds is 4. The van der Waals surface area contributed by atoms with Crippen molar-refractivity contribution in [2.24, 2.45) is 0 Å². The van der Waals surface area contributed by atoms with E-state index in [-0.39, 0.29) is 0 Å². The Morgan fingerprint density at radius 1 is 0.917 bits per heavy atom. The highest BCUT2D eigenvalue weighted by Gasteiger charge is 2.05. The molecule has 0 bridgehead atoms. The molecule has 2 aromatic heterocycles. The zero-order valence-corrected chi connectivity index (χ0v) is 15.2. The smallest absolute Gasteiger partial charge is 0.132 e. The van der Waals surface area contributed by atoms with Crippen molar-refractivity contribution in [1.82, 2.24) is 15.0 Å². The molecule has 0 radical (unpaired) electrons. The van der Waals surface area contributed by atoms with E-state index in [9.17, 15) is 0 Å². The monoisotopic (exact) mass is 395 g/mol. The SMILES string of the molecule is Brc1cccc(Cc2nccc(Cc3ccc4ncsc4c3)n2)c1. The van der Waals surface area contributed by atoms with E-state index in [1.165, 1.54) is 15.8 Å². The molecule has 4 aromatic rings. The zero-order chi connectivity index (χ0) is 16.4. The van der Waals surface area contributed by atoms with Gasteiger partial charge in [-0.15, -0.1) is 11.3 Å². The fourth-order valence-corrected chi connectivity index (χ4v) is 3.86. The molecule has 0 aliphatic carbocycles. The van der Waals surface area contributed by atoms with Crippen LogP contribution in [-0.4, -0.2) is 15.0 Å². The van der Waals surface area contributed by atoms with Gasteiger partial charge in [-0.25, -0.2) is 15.0 Å². The van der Waals surface area contributed by atoms with Gasteiger partial charge in [0.15, 0.2) is 0 Å². The van der Waals surface area contributed by atoms with Crippen molar-refractivity contribution in [2.75, 3.05) is 0 Å². The normalized spacial score (nSPS) is 11.0. The topological polar surface area (TPSA) is 38.7 Å². The molecule has 2 heterocycles. The summed E-state index contributed by atoms with van der Waals surface area (Å²) in [5.74, 6) is 0.851. The fourth-order valence-electron chi connectivity index (χ4n) is 2.67. The van der Waals surface area contributed by atoms with Gasteiger partial charge in [0.25, 0.3) is 0 Å². The van der Waals surface area contributed by atoms with E-state index in [2.05, 4.69) is 56.2 Å². The van der Waals surface area contributed by atoms with Crippen LogP contribution in [0.15, 0.2) is 64.7 Å². The molecular formula is C19H14BrN3S. The number of halogens is 1. The molecule has 0 saturated carbocycles. The van der Waals surface area contributed by atoms with E-state index in [1.54, 1.807) is 11.3 Å². The maximum Gasteiger partial charge on any atom is 0.132 e. The molecule has 118 valence electrons. The molecule has 2 aromatic carbocycles. The average Bonchev–Trinajstić information content (AvgIpc) is 3.03. The van der Waals surface area contributed by atoms with Gasteiger partial charge in [0, 0.05) is 29.2 Å². The van der Waals surface area contributed by atoms with Gasteiger partial charge in [-0.05, 0) is 41.5 Å². The number of benzene rings is 2. The molecule has 0 aliphatic heterocycles. The molecule has 3 nitrogen and oxygen atoms in total. The Bertz CT molecular complexity index is 997. The van der Waals surface area contributed by atoms with Crippen LogP contribution in [0.25, 0.3) is 10.2 Å². The number of nitrogens with zero attached hydrogens (tertiary/aromatic N) is 3. The Kier molecular flexibility index (Phi) is 4.36. The zero-order valence-electron chi connectivity index (χ0n) is 12.8. The molecule has 24 heavy (non-hydrogen) atoms. The first-order valence-corrected chi connectivity index (χ1v) is 9.31. The Morgan fingerprint density at radius 2 is 1.83 bits per heavy atom. The highest BCUT2D eigenvalue weighted by Crippen LogP contribution is 2.20. The molecule has 0 unspecified atom stereocenters. The van der Waals surface area contributed by atoms with E-state index in [1.807, 2.05) is 29.9 Å². The number of thiazole rings is 1. The van der Waals surface area contributed by atoms with Gasteiger partial charge in [0.1, 0.15) is 5.82 Å². The number of hydrogen-bond donors (Lipinski definition) is 0. The van der Waals surface area contributed by atoms with Gasteiger partial charge in [0.05, 0.1) is 15.7 Å². The second-order valence-corrected chi connectivity index (χ2v) is 7.40. The average molecular weight is 396 g/mol. The van der Waals surface area contributed by atoms with E-state index >= 15 is 0 Å². The molecule has 0 atom stereocenters. The lowest BCUT2D eigenvalue weighted by Crippen LogP contribution is -2.00. The molecular weight excluding hydrogens is 382 g/mol. The fraction of sp³-hybridized carbons (Fsp3) is 0.105. The first kappa shape index (κ1) is 15.4. The van der Waals surface area contributed by atoms with Gasteiger partial charge in [0.2, 0.25) is 0 Å². The second kappa shape index (κ2) is 6.79. The summed E-state index contributed by atoms with van der Waals surface area (Å²) in [4.78, 5) is 13.5. The third-order valence-electron chi connectivity index (χ3n) is 3.80. The number of fused-ring (bicyclic) bond motifs is 1. The maximum absolute atomic E-state index is 4.72.